The minimum Gasteiger partial charge on any atom is -0.355 e. The molecule has 0 unspecified atom stereocenters. The molecule has 1 aliphatic carbocycles. The maximum atomic E-state index is 12.5. The van der Waals surface area contributed by atoms with Crippen LogP contribution in [0, 0.1) is 11.8 Å². The monoisotopic (exact) mass is 345 g/mol. The fourth-order valence-corrected chi connectivity index (χ4v) is 3.35. The summed E-state index contributed by atoms with van der Waals surface area (Å²) in [4.78, 5) is 26.8. The molecule has 0 aromatic heterocycles. The predicted octanol–water partition coefficient (Wildman–Crippen LogP) is 2.67. The molecular weight excluding hydrogens is 314 g/mol. The third kappa shape index (κ3) is 5.85. The summed E-state index contributed by atoms with van der Waals surface area (Å²) in [5.41, 5.74) is 2.07. The van der Waals surface area contributed by atoms with Crippen LogP contribution in [-0.2, 0) is 16.0 Å². The highest BCUT2D eigenvalue weighted by atomic mass is 16.2. The number of amides is 2. The number of nitrogens with one attached hydrogen (secondary N) is 2. The van der Waals surface area contributed by atoms with E-state index in [1.54, 1.807) is 0 Å². The van der Waals surface area contributed by atoms with Crippen molar-refractivity contribution in [1.29, 1.82) is 0 Å². The Bertz CT molecular complexity index is 578. The summed E-state index contributed by atoms with van der Waals surface area (Å²) in [5, 5.41) is 6.08. The van der Waals surface area contributed by atoms with Crippen molar-refractivity contribution in [3.05, 3.63) is 29.8 Å². The van der Waals surface area contributed by atoms with Gasteiger partial charge in [0.15, 0.2) is 0 Å². The SMILES string of the molecule is CCc1ccccc1NC(=O)C1CCC(C(=O)NCCN(C)C)CC1. The summed E-state index contributed by atoms with van der Waals surface area (Å²) in [7, 11) is 3.99. The first-order valence-corrected chi connectivity index (χ1v) is 9.32. The van der Waals surface area contributed by atoms with Gasteiger partial charge in [0, 0.05) is 30.6 Å². The van der Waals surface area contributed by atoms with Crippen LogP contribution in [0.4, 0.5) is 5.69 Å². The van der Waals surface area contributed by atoms with Crippen LogP contribution in [0.25, 0.3) is 0 Å². The van der Waals surface area contributed by atoms with Gasteiger partial charge in [-0.3, -0.25) is 9.59 Å². The predicted molar refractivity (Wildman–Crippen MR) is 101 cm³/mol. The van der Waals surface area contributed by atoms with Gasteiger partial charge in [0.2, 0.25) is 11.8 Å². The van der Waals surface area contributed by atoms with E-state index in [2.05, 4.69) is 22.5 Å². The number of likely N-dealkylation sites (N-methyl/N-ethyl adjacent to an activating group) is 1. The van der Waals surface area contributed by atoms with Gasteiger partial charge in [-0.1, -0.05) is 25.1 Å². The molecule has 5 heteroatoms. The zero-order valence-corrected chi connectivity index (χ0v) is 15.7. The molecule has 1 fully saturated rings. The maximum Gasteiger partial charge on any atom is 0.227 e. The molecule has 1 aliphatic rings. The van der Waals surface area contributed by atoms with Gasteiger partial charge >= 0.3 is 0 Å². The average Bonchev–Trinajstić information content (AvgIpc) is 2.62. The maximum absolute atomic E-state index is 12.5. The molecule has 2 rings (SSSR count). The number of aryl methyl sites for hydroxylation is 1. The lowest BCUT2D eigenvalue weighted by Gasteiger charge is -2.27. The van der Waals surface area contributed by atoms with Gasteiger partial charge < -0.3 is 15.5 Å². The highest BCUT2D eigenvalue weighted by molar-refractivity contribution is 5.93. The molecule has 0 bridgehead atoms. The van der Waals surface area contributed by atoms with Crippen LogP contribution in [0.1, 0.15) is 38.2 Å². The molecule has 1 aromatic rings. The van der Waals surface area contributed by atoms with E-state index in [9.17, 15) is 9.59 Å². The van der Waals surface area contributed by atoms with E-state index in [1.165, 1.54) is 0 Å². The number of anilines is 1. The number of nitrogens with zero attached hydrogens (tertiary/aromatic N) is 1. The number of hydrogen-bond donors (Lipinski definition) is 2. The first-order valence-electron chi connectivity index (χ1n) is 9.32. The van der Waals surface area contributed by atoms with E-state index in [1.807, 2.05) is 38.4 Å². The van der Waals surface area contributed by atoms with Crippen LogP contribution in [0.15, 0.2) is 24.3 Å². The largest absolute Gasteiger partial charge is 0.355 e. The number of benzene rings is 1. The number of hydrogen-bond acceptors (Lipinski definition) is 3. The molecule has 25 heavy (non-hydrogen) atoms. The zero-order chi connectivity index (χ0) is 18.2. The second kappa shape index (κ2) is 9.56. The summed E-state index contributed by atoms with van der Waals surface area (Å²) < 4.78 is 0. The molecule has 0 radical (unpaired) electrons. The Balaban J connectivity index is 1.79. The fourth-order valence-electron chi connectivity index (χ4n) is 3.35. The molecule has 0 atom stereocenters. The Hall–Kier alpha value is -1.88. The average molecular weight is 345 g/mol. The van der Waals surface area contributed by atoms with Crippen LogP contribution in [0.2, 0.25) is 0 Å². The van der Waals surface area contributed by atoms with E-state index >= 15 is 0 Å². The van der Waals surface area contributed by atoms with E-state index in [0.717, 1.165) is 49.9 Å². The normalized spacial score (nSPS) is 20.3. The lowest BCUT2D eigenvalue weighted by Crippen LogP contribution is -2.38. The van der Waals surface area contributed by atoms with Gasteiger partial charge in [0.25, 0.3) is 0 Å². The van der Waals surface area contributed by atoms with E-state index in [-0.39, 0.29) is 23.7 Å². The zero-order valence-electron chi connectivity index (χ0n) is 15.7. The summed E-state index contributed by atoms with van der Waals surface area (Å²) in [6.07, 6.45) is 4.05. The van der Waals surface area contributed by atoms with E-state index < -0.39 is 0 Å². The quantitative estimate of drug-likeness (QED) is 0.799. The highest BCUT2D eigenvalue weighted by Crippen LogP contribution is 2.30. The molecule has 0 saturated heterocycles. The van der Waals surface area contributed by atoms with Crippen LogP contribution < -0.4 is 10.6 Å². The van der Waals surface area contributed by atoms with Gasteiger partial charge in [-0.25, -0.2) is 0 Å². The van der Waals surface area contributed by atoms with Crippen molar-refractivity contribution in [3.63, 3.8) is 0 Å². The summed E-state index contributed by atoms with van der Waals surface area (Å²) in [5.74, 6) is 0.286. The van der Waals surface area contributed by atoms with Crippen LogP contribution in [0.5, 0.6) is 0 Å². The smallest absolute Gasteiger partial charge is 0.227 e. The molecule has 5 nitrogen and oxygen atoms in total. The van der Waals surface area contributed by atoms with Crippen molar-refractivity contribution in [3.8, 4) is 0 Å². The van der Waals surface area contributed by atoms with Gasteiger partial charge in [-0.15, -0.1) is 0 Å². The first-order chi connectivity index (χ1) is 12.0. The fraction of sp³-hybridized carbons (Fsp3) is 0.600. The Morgan fingerprint density at radius 3 is 2.24 bits per heavy atom. The van der Waals surface area contributed by atoms with Crippen molar-refractivity contribution in [2.45, 2.75) is 39.0 Å². The molecule has 0 aliphatic heterocycles. The van der Waals surface area contributed by atoms with Crippen molar-refractivity contribution < 1.29 is 9.59 Å². The Morgan fingerprint density at radius 2 is 1.64 bits per heavy atom. The molecular formula is C20H31N3O2. The summed E-state index contributed by atoms with van der Waals surface area (Å²) in [6.45, 7) is 3.62. The van der Waals surface area contributed by atoms with E-state index in [0.29, 0.717) is 6.54 Å². The third-order valence-corrected chi connectivity index (χ3v) is 4.98. The summed E-state index contributed by atoms with van der Waals surface area (Å²) >= 11 is 0. The second-order valence-corrected chi connectivity index (χ2v) is 7.14. The highest BCUT2D eigenvalue weighted by Gasteiger charge is 2.30. The number of carbonyl (C=O) groups is 2. The van der Waals surface area contributed by atoms with Gasteiger partial charge in [-0.2, -0.15) is 0 Å². The number of para-hydroxylation sites is 1. The Morgan fingerprint density at radius 1 is 1.04 bits per heavy atom. The molecule has 138 valence electrons. The number of rotatable bonds is 7. The van der Waals surface area contributed by atoms with Gasteiger partial charge in [0.1, 0.15) is 0 Å². The van der Waals surface area contributed by atoms with E-state index in [4.69, 9.17) is 0 Å². The molecule has 0 spiro atoms. The topological polar surface area (TPSA) is 61.4 Å². The van der Waals surface area contributed by atoms with Crippen LogP contribution in [0.3, 0.4) is 0 Å². The standard InChI is InChI=1S/C20H31N3O2/c1-4-15-7-5-6-8-18(15)22-20(25)17-11-9-16(10-12-17)19(24)21-13-14-23(2)3/h5-8,16-17H,4,9-14H2,1-3H3,(H,21,24)(H,22,25). The van der Waals surface area contributed by atoms with Crippen molar-refractivity contribution in [2.24, 2.45) is 11.8 Å². The first kappa shape index (κ1) is 19.4. The second-order valence-electron chi connectivity index (χ2n) is 7.14. The number of carbonyl (C=O) groups excluding carboxylic acids is 2. The molecule has 2 N–H and O–H groups in total. The van der Waals surface area contributed by atoms with Crippen molar-refractivity contribution >= 4 is 17.5 Å². The van der Waals surface area contributed by atoms with Crippen LogP contribution >= 0.6 is 0 Å². The lowest BCUT2D eigenvalue weighted by molar-refractivity contribution is -0.128. The molecule has 1 saturated carbocycles. The molecule has 2 amide bonds. The minimum absolute atomic E-state index is 0.00994. The van der Waals surface area contributed by atoms with Gasteiger partial charge in [0.05, 0.1) is 0 Å². The van der Waals surface area contributed by atoms with Crippen molar-refractivity contribution in [2.75, 3.05) is 32.5 Å². The third-order valence-electron chi connectivity index (χ3n) is 4.98. The minimum atomic E-state index is 0.00994. The molecule has 0 heterocycles. The van der Waals surface area contributed by atoms with Crippen molar-refractivity contribution in [1.82, 2.24) is 10.2 Å². The lowest BCUT2D eigenvalue weighted by atomic mass is 9.81. The molecule has 1 aromatic carbocycles. The van der Waals surface area contributed by atoms with Gasteiger partial charge in [-0.05, 0) is 57.8 Å². The summed E-state index contributed by atoms with van der Waals surface area (Å²) in [6, 6.07) is 7.95. The Labute approximate surface area is 151 Å². The van der Waals surface area contributed by atoms with Crippen LogP contribution in [-0.4, -0.2) is 43.9 Å². The Kier molecular flexibility index (Phi) is 7.44.